The van der Waals surface area contributed by atoms with Gasteiger partial charge in [-0.3, -0.25) is 14.7 Å². The summed E-state index contributed by atoms with van der Waals surface area (Å²) in [5.74, 6) is -0.274. The van der Waals surface area contributed by atoms with Crippen LogP contribution >= 0.6 is 34.9 Å². The molecule has 0 bridgehead atoms. The van der Waals surface area contributed by atoms with Gasteiger partial charge in [0.05, 0.1) is 17.0 Å². The summed E-state index contributed by atoms with van der Waals surface area (Å²) < 4.78 is 5.22. The number of rotatable bonds is 4. The van der Waals surface area contributed by atoms with Crippen molar-refractivity contribution in [1.82, 2.24) is 14.9 Å². The second kappa shape index (κ2) is 7.09. The van der Waals surface area contributed by atoms with Gasteiger partial charge in [-0.05, 0) is 12.1 Å². The zero-order valence-corrected chi connectivity index (χ0v) is 16.1. The lowest BCUT2D eigenvalue weighted by Crippen LogP contribution is -2.60. The number of aromatic nitrogens is 2. The summed E-state index contributed by atoms with van der Waals surface area (Å²) in [6, 6.07) is 3.78. The number of thioether (sulfide) groups is 2. The molecule has 0 unspecified atom stereocenters. The molecule has 2 aromatic heterocycles. The third-order valence-corrected chi connectivity index (χ3v) is 7.79. The van der Waals surface area contributed by atoms with Crippen molar-refractivity contribution in [3.8, 4) is 11.3 Å². The van der Waals surface area contributed by atoms with Crippen molar-refractivity contribution < 1.29 is 14.2 Å². The number of carbonyl (C=O) groups is 2. The number of carbonyl (C=O) groups excluding carboxylic acids is 2. The topological polar surface area (TPSA) is 72.4 Å². The van der Waals surface area contributed by atoms with Crippen LogP contribution in [0.1, 0.15) is 6.92 Å². The van der Waals surface area contributed by atoms with Gasteiger partial charge in [-0.1, -0.05) is 18.7 Å². The number of fused-ring (bicyclic) bond motifs is 1. The summed E-state index contributed by atoms with van der Waals surface area (Å²) in [7, 11) is 5.09. The first-order valence-corrected chi connectivity index (χ1v) is 10.5. The highest BCUT2D eigenvalue weighted by Crippen LogP contribution is 2.48. The zero-order chi connectivity index (χ0) is 18.3. The fourth-order valence-corrected chi connectivity index (χ4v) is 6.33. The van der Waals surface area contributed by atoms with Gasteiger partial charge < -0.3 is 4.65 Å². The van der Waals surface area contributed by atoms with E-state index >= 15 is 0 Å². The van der Waals surface area contributed by atoms with Crippen molar-refractivity contribution in [3.05, 3.63) is 40.5 Å². The number of amides is 1. The largest absolute Gasteiger partial charge is 0.539 e. The third-order valence-electron chi connectivity index (χ3n) is 4.17. The summed E-state index contributed by atoms with van der Waals surface area (Å²) in [6.45, 7) is 1.86. The van der Waals surface area contributed by atoms with E-state index in [0.717, 1.165) is 20.5 Å². The van der Waals surface area contributed by atoms with Crippen molar-refractivity contribution in [3.63, 3.8) is 0 Å². The van der Waals surface area contributed by atoms with Crippen LogP contribution in [-0.2, 0) is 14.2 Å². The second-order valence-corrected chi connectivity index (χ2v) is 9.02. The number of thiazole rings is 1. The fraction of sp³-hybridized carbons (Fsp3) is 0.250. The average molecular weight is 401 g/mol. The quantitative estimate of drug-likeness (QED) is 0.576. The van der Waals surface area contributed by atoms with Crippen LogP contribution in [0.5, 0.6) is 0 Å². The molecule has 26 heavy (non-hydrogen) atoms. The molecule has 1 fully saturated rings. The Hall–Kier alpha value is -1.78. The van der Waals surface area contributed by atoms with E-state index in [4.69, 9.17) is 8.05 Å². The molecule has 0 saturated carbocycles. The first-order valence-electron chi connectivity index (χ1n) is 7.73. The Morgan fingerprint density at radius 1 is 1.42 bits per heavy atom. The molecule has 6 nitrogen and oxygen atoms in total. The van der Waals surface area contributed by atoms with Crippen LogP contribution in [0, 0.1) is 5.92 Å². The summed E-state index contributed by atoms with van der Waals surface area (Å²) in [4.78, 5) is 35.3. The molecule has 2 radical (unpaired) electrons. The molecular weight excluding hydrogens is 389 g/mol. The lowest BCUT2D eigenvalue weighted by atomic mass is 9.99. The Balaban J connectivity index is 1.63. The smallest absolute Gasteiger partial charge is 0.378 e. The predicted octanol–water partition coefficient (Wildman–Crippen LogP) is 2.69. The van der Waals surface area contributed by atoms with E-state index in [1.165, 1.54) is 28.0 Å². The summed E-state index contributed by atoms with van der Waals surface area (Å²) in [5.41, 5.74) is 2.06. The minimum atomic E-state index is -0.691. The Kier molecular flexibility index (Phi) is 4.81. The third kappa shape index (κ3) is 2.95. The molecule has 0 aromatic carbocycles. The van der Waals surface area contributed by atoms with Crippen LogP contribution in [0.3, 0.4) is 0 Å². The van der Waals surface area contributed by atoms with Crippen molar-refractivity contribution in [2.24, 2.45) is 5.92 Å². The lowest BCUT2D eigenvalue weighted by Gasteiger charge is -2.48. The van der Waals surface area contributed by atoms with Crippen LogP contribution in [0.4, 0.5) is 0 Å². The Morgan fingerprint density at radius 2 is 2.19 bits per heavy atom. The van der Waals surface area contributed by atoms with Crippen LogP contribution in [0.15, 0.2) is 44.8 Å². The first-order chi connectivity index (χ1) is 12.6. The van der Waals surface area contributed by atoms with E-state index < -0.39 is 5.97 Å². The molecule has 1 amide bonds. The molecule has 0 spiro atoms. The van der Waals surface area contributed by atoms with Gasteiger partial charge in [0.2, 0.25) is 5.91 Å². The summed E-state index contributed by atoms with van der Waals surface area (Å²) >= 11 is 4.49. The van der Waals surface area contributed by atoms with Crippen molar-refractivity contribution in [1.29, 1.82) is 0 Å². The van der Waals surface area contributed by atoms with Gasteiger partial charge in [0.1, 0.15) is 5.70 Å². The van der Waals surface area contributed by atoms with Gasteiger partial charge in [-0.15, -0.1) is 23.1 Å². The summed E-state index contributed by atoms with van der Waals surface area (Å²) in [6.07, 6.45) is 3.43. The Labute approximate surface area is 163 Å². The maximum atomic E-state index is 12.2. The fourth-order valence-electron chi connectivity index (χ4n) is 2.84. The zero-order valence-electron chi connectivity index (χ0n) is 13.6. The monoisotopic (exact) mass is 401 g/mol. The van der Waals surface area contributed by atoms with Crippen LogP contribution in [0.25, 0.3) is 11.3 Å². The average Bonchev–Trinajstić information content (AvgIpc) is 3.15. The SMILES string of the molecule is [B]OC(=O)C1=C(Sc2nc(-c3ccncc3)cs2)CS[C@@H]2[C@H](C)C(=O)N12. The molecule has 2 aromatic rings. The molecule has 130 valence electrons. The normalized spacial score (nSPS) is 22.0. The van der Waals surface area contributed by atoms with E-state index in [1.54, 1.807) is 24.2 Å². The molecule has 4 rings (SSSR count). The molecule has 2 aliphatic heterocycles. The van der Waals surface area contributed by atoms with Crippen LogP contribution in [-0.4, -0.2) is 45.9 Å². The maximum absolute atomic E-state index is 12.2. The van der Waals surface area contributed by atoms with E-state index in [0.29, 0.717) is 5.75 Å². The minimum absolute atomic E-state index is 0.0374. The highest BCUT2D eigenvalue weighted by Gasteiger charge is 2.51. The summed E-state index contributed by atoms with van der Waals surface area (Å²) in [5, 5.41) is 1.92. The number of hydrogen-bond acceptors (Lipinski definition) is 8. The number of hydrogen-bond donors (Lipinski definition) is 0. The highest BCUT2D eigenvalue weighted by atomic mass is 32.2. The van der Waals surface area contributed by atoms with Crippen LogP contribution < -0.4 is 0 Å². The predicted molar refractivity (Wildman–Crippen MR) is 102 cm³/mol. The van der Waals surface area contributed by atoms with E-state index in [2.05, 4.69) is 14.6 Å². The van der Waals surface area contributed by atoms with Crippen molar-refractivity contribution in [2.45, 2.75) is 16.6 Å². The Morgan fingerprint density at radius 3 is 2.92 bits per heavy atom. The number of pyridine rings is 1. The molecule has 0 N–H and O–H groups in total. The van der Waals surface area contributed by atoms with Gasteiger partial charge in [0.15, 0.2) is 4.34 Å². The highest BCUT2D eigenvalue weighted by molar-refractivity contribution is 8.07. The van der Waals surface area contributed by atoms with Crippen LogP contribution in [0.2, 0.25) is 0 Å². The molecule has 0 aliphatic carbocycles. The molecule has 4 heterocycles. The first kappa shape index (κ1) is 17.6. The van der Waals surface area contributed by atoms with Crippen molar-refractivity contribution in [2.75, 3.05) is 5.75 Å². The second-order valence-electron chi connectivity index (χ2n) is 5.71. The van der Waals surface area contributed by atoms with Gasteiger partial charge >= 0.3 is 14.0 Å². The van der Waals surface area contributed by atoms with E-state index in [9.17, 15) is 9.59 Å². The molecule has 1 saturated heterocycles. The van der Waals surface area contributed by atoms with Gasteiger partial charge in [0, 0.05) is 34.0 Å². The Bertz CT molecular complexity index is 902. The van der Waals surface area contributed by atoms with Gasteiger partial charge in [-0.25, -0.2) is 9.78 Å². The standard InChI is InChI=1S/C16H12BN3O3S3/c1-8-13(21)20-12(15(22)23-17)11(7-24-14(8)20)26-16-19-10(6-25-16)9-2-4-18-5-3-9/h2-6,8,14H,7H2,1H3/t8-,14-/m1/s1. The molecule has 2 aliphatic rings. The maximum Gasteiger partial charge on any atom is 0.378 e. The lowest BCUT2D eigenvalue weighted by molar-refractivity contribution is -0.150. The molecule has 2 atom stereocenters. The molecule has 10 heteroatoms. The van der Waals surface area contributed by atoms with Crippen molar-refractivity contribution >= 4 is 54.8 Å². The van der Waals surface area contributed by atoms with E-state index in [1.807, 2.05) is 24.4 Å². The minimum Gasteiger partial charge on any atom is -0.539 e. The van der Waals surface area contributed by atoms with Gasteiger partial charge in [-0.2, -0.15) is 0 Å². The molecular formula is C16H12BN3O3S3. The number of nitrogens with zero attached hydrogens (tertiary/aromatic N) is 3. The van der Waals surface area contributed by atoms with E-state index in [-0.39, 0.29) is 22.9 Å². The van der Waals surface area contributed by atoms with Gasteiger partial charge in [0.25, 0.3) is 0 Å². The number of β-lactam (4-membered cyclic amide) rings is 1.